The number of benzene rings is 2. The maximum Gasteiger partial charge on any atom is 0.321 e. The number of aldehydes is 1. The van der Waals surface area contributed by atoms with Gasteiger partial charge in [-0.1, -0.05) is 92.9 Å². The number of esters is 1. The SMILES string of the molecule is CCCCOC(=O)CS(=O)(=O)c1sc(CCC)cc1-c1ccc(Cn2c(-c3ccccc3)nc(Cl)c2C=O)cc1. The van der Waals surface area contributed by atoms with Crippen molar-refractivity contribution in [2.45, 2.75) is 50.3 Å². The van der Waals surface area contributed by atoms with Gasteiger partial charge in [0.1, 0.15) is 15.7 Å². The molecule has 0 aliphatic rings. The highest BCUT2D eigenvalue weighted by molar-refractivity contribution is 7.94. The summed E-state index contributed by atoms with van der Waals surface area (Å²) in [5.41, 5.74) is 3.30. The largest absolute Gasteiger partial charge is 0.465 e. The topological polar surface area (TPSA) is 95.3 Å². The number of thiophene rings is 1. The highest BCUT2D eigenvalue weighted by atomic mass is 35.5. The van der Waals surface area contributed by atoms with Crippen molar-refractivity contribution >= 4 is 45.0 Å². The summed E-state index contributed by atoms with van der Waals surface area (Å²) in [7, 11) is -3.90. The Labute approximate surface area is 243 Å². The number of halogens is 1. The summed E-state index contributed by atoms with van der Waals surface area (Å²) in [5.74, 6) is -0.844. The fourth-order valence-electron chi connectivity index (χ4n) is 4.31. The van der Waals surface area contributed by atoms with Crippen LogP contribution in [0.3, 0.4) is 0 Å². The number of ether oxygens (including phenoxy) is 1. The van der Waals surface area contributed by atoms with E-state index in [0.717, 1.165) is 40.8 Å². The van der Waals surface area contributed by atoms with E-state index in [-0.39, 0.29) is 21.7 Å². The first-order chi connectivity index (χ1) is 19.3. The molecule has 0 spiro atoms. The molecule has 0 N–H and O–H groups in total. The van der Waals surface area contributed by atoms with E-state index >= 15 is 0 Å². The van der Waals surface area contributed by atoms with Crippen LogP contribution in [0.2, 0.25) is 5.15 Å². The second-order valence-corrected chi connectivity index (χ2v) is 13.1. The van der Waals surface area contributed by atoms with Crippen molar-refractivity contribution in [3.05, 3.63) is 82.0 Å². The van der Waals surface area contributed by atoms with Crippen molar-refractivity contribution in [1.82, 2.24) is 9.55 Å². The predicted molar refractivity (Wildman–Crippen MR) is 159 cm³/mol. The zero-order valence-electron chi connectivity index (χ0n) is 22.4. The second-order valence-electron chi connectivity index (χ2n) is 9.38. The van der Waals surface area contributed by atoms with E-state index in [1.54, 1.807) is 4.57 Å². The lowest BCUT2D eigenvalue weighted by Gasteiger charge is -2.11. The summed E-state index contributed by atoms with van der Waals surface area (Å²) in [6, 6.07) is 18.9. The van der Waals surface area contributed by atoms with Crippen molar-refractivity contribution in [1.29, 1.82) is 0 Å². The second kappa shape index (κ2) is 13.4. The molecule has 2 aromatic carbocycles. The third-order valence-corrected chi connectivity index (χ3v) is 9.99. The van der Waals surface area contributed by atoms with Gasteiger partial charge in [-0.15, -0.1) is 11.3 Å². The zero-order valence-corrected chi connectivity index (χ0v) is 24.8. The van der Waals surface area contributed by atoms with E-state index in [0.29, 0.717) is 30.6 Å². The molecule has 4 aromatic rings. The molecule has 0 atom stereocenters. The Balaban J connectivity index is 1.64. The van der Waals surface area contributed by atoms with E-state index in [9.17, 15) is 18.0 Å². The predicted octanol–water partition coefficient (Wildman–Crippen LogP) is 6.86. The Morgan fingerprint density at radius 3 is 2.42 bits per heavy atom. The van der Waals surface area contributed by atoms with Crippen molar-refractivity contribution < 1.29 is 22.7 Å². The number of imidazole rings is 1. The lowest BCUT2D eigenvalue weighted by atomic mass is 10.1. The van der Waals surface area contributed by atoms with Crippen LogP contribution in [0.4, 0.5) is 0 Å². The summed E-state index contributed by atoms with van der Waals surface area (Å²) >= 11 is 7.49. The highest BCUT2D eigenvalue weighted by Gasteiger charge is 2.27. The minimum Gasteiger partial charge on any atom is -0.465 e. The number of sulfone groups is 1. The monoisotopic (exact) mass is 598 g/mol. The summed E-state index contributed by atoms with van der Waals surface area (Å²) in [5, 5.41) is 0.135. The molecule has 0 saturated heterocycles. The van der Waals surface area contributed by atoms with E-state index < -0.39 is 21.6 Å². The molecule has 10 heteroatoms. The molecule has 40 heavy (non-hydrogen) atoms. The number of rotatable bonds is 13. The van der Waals surface area contributed by atoms with E-state index in [4.69, 9.17) is 16.3 Å². The molecule has 0 aliphatic heterocycles. The van der Waals surface area contributed by atoms with Crippen molar-refractivity contribution in [2.75, 3.05) is 12.4 Å². The Morgan fingerprint density at radius 2 is 1.77 bits per heavy atom. The average Bonchev–Trinajstić information content (AvgIpc) is 3.51. The van der Waals surface area contributed by atoms with Crippen molar-refractivity contribution in [3.8, 4) is 22.5 Å². The van der Waals surface area contributed by atoms with Crippen LogP contribution in [-0.4, -0.2) is 42.6 Å². The lowest BCUT2D eigenvalue weighted by Crippen LogP contribution is -2.19. The number of aryl methyl sites for hydroxylation is 1. The molecule has 0 radical (unpaired) electrons. The van der Waals surface area contributed by atoms with Crippen LogP contribution in [0.15, 0.2) is 64.9 Å². The first-order valence-corrected chi connectivity index (χ1v) is 16.0. The Bertz CT molecular complexity index is 1580. The molecule has 0 amide bonds. The van der Waals surface area contributed by atoms with Crippen LogP contribution in [0.5, 0.6) is 0 Å². The van der Waals surface area contributed by atoms with E-state index in [1.807, 2.05) is 74.5 Å². The van der Waals surface area contributed by atoms with Crippen molar-refractivity contribution in [2.24, 2.45) is 0 Å². The Morgan fingerprint density at radius 1 is 1.05 bits per heavy atom. The van der Waals surface area contributed by atoms with Gasteiger partial charge in [0.2, 0.25) is 0 Å². The first-order valence-electron chi connectivity index (χ1n) is 13.1. The summed E-state index contributed by atoms with van der Waals surface area (Å²) in [4.78, 5) is 29.4. The minimum atomic E-state index is -3.90. The fraction of sp³-hybridized carbons (Fsp3) is 0.300. The quantitative estimate of drug-likeness (QED) is 0.0947. The van der Waals surface area contributed by atoms with E-state index in [1.165, 1.54) is 11.3 Å². The molecule has 0 aliphatic carbocycles. The van der Waals surface area contributed by atoms with Gasteiger partial charge in [-0.3, -0.25) is 9.59 Å². The molecule has 0 unspecified atom stereocenters. The van der Waals surface area contributed by atoms with Gasteiger partial charge in [0, 0.05) is 22.5 Å². The molecule has 7 nitrogen and oxygen atoms in total. The molecule has 2 heterocycles. The third-order valence-electron chi connectivity index (χ3n) is 6.31. The standard InChI is InChI=1S/C30H31ClN2O5S2/c1-3-5-16-38-27(35)20-40(36,37)30-25(17-24(39-30)9-4-2)22-14-12-21(13-15-22)18-33-26(19-34)28(31)32-29(33)23-10-7-6-8-11-23/h6-8,10-15,17,19H,3-5,9,16,18,20H2,1-2H3. The van der Waals surface area contributed by atoms with Gasteiger partial charge in [-0.2, -0.15) is 0 Å². The molecule has 0 bridgehead atoms. The molecule has 210 valence electrons. The maximum absolute atomic E-state index is 13.3. The van der Waals surface area contributed by atoms with Crippen molar-refractivity contribution in [3.63, 3.8) is 0 Å². The lowest BCUT2D eigenvalue weighted by molar-refractivity contribution is -0.140. The van der Waals surface area contributed by atoms with Crippen LogP contribution in [0.25, 0.3) is 22.5 Å². The number of unbranched alkanes of at least 4 members (excludes halogenated alkanes) is 1. The van der Waals surface area contributed by atoms with Gasteiger partial charge in [0.25, 0.3) is 0 Å². The van der Waals surface area contributed by atoms with Gasteiger partial charge < -0.3 is 9.30 Å². The number of hydrogen-bond donors (Lipinski definition) is 0. The number of carbonyl (C=O) groups excluding carboxylic acids is 2. The summed E-state index contributed by atoms with van der Waals surface area (Å²) in [6.07, 6.45) is 3.85. The van der Waals surface area contributed by atoms with Gasteiger partial charge >= 0.3 is 5.97 Å². The van der Waals surface area contributed by atoms with Crippen LogP contribution < -0.4 is 0 Å². The smallest absolute Gasteiger partial charge is 0.321 e. The number of carbonyl (C=O) groups is 2. The Hall–Kier alpha value is -3.27. The van der Waals surface area contributed by atoms with Gasteiger partial charge in [-0.25, -0.2) is 13.4 Å². The zero-order chi connectivity index (χ0) is 28.7. The normalized spacial score (nSPS) is 11.5. The average molecular weight is 599 g/mol. The van der Waals surface area contributed by atoms with Crippen LogP contribution >= 0.6 is 22.9 Å². The first kappa shape index (κ1) is 29.7. The number of nitrogens with zero attached hydrogens (tertiary/aromatic N) is 2. The molecule has 2 aromatic heterocycles. The van der Waals surface area contributed by atoms with Crippen LogP contribution in [-0.2, 0) is 32.3 Å². The van der Waals surface area contributed by atoms with Gasteiger partial charge in [-0.05, 0) is 30.0 Å². The number of hydrogen-bond acceptors (Lipinski definition) is 7. The molecular weight excluding hydrogens is 568 g/mol. The highest BCUT2D eigenvalue weighted by Crippen LogP contribution is 2.37. The summed E-state index contributed by atoms with van der Waals surface area (Å²) < 4.78 is 33.6. The number of aromatic nitrogens is 2. The van der Waals surface area contributed by atoms with Crippen LogP contribution in [0, 0.1) is 0 Å². The summed E-state index contributed by atoms with van der Waals surface area (Å²) in [6.45, 7) is 4.56. The van der Waals surface area contributed by atoms with Crippen LogP contribution in [0.1, 0.15) is 54.0 Å². The van der Waals surface area contributed by atoms with E-state index in [2.05, 4.69) is 4.98 Å². The molecule has 0 fully saturated rings. The van der Waals surface area contributed by atoms with Gasteiger partial charge in [0.05, 0.1) is 6.61 Å². The minimum absolute atomic E-state index is 0.135. The third kappa shape index (κ3) is 6.89. The fourth-order valence-corrected chi connectivity index (χ4v) is 7.58. The Kier molecular flexibility index (Phi) is 9.95. The molecule has 4 rings (SSSR count). The molecular formula is C30H31ClN2O5S2. The maximum atomic E-state index is 13.3. The van der Waals surface area contributed by atoms with Gasteiger partial charge in [0.15, 0.2) is 27.0 Å². The molecule has 0 saturated carbocycles.